The van der Waals surface area contributed by atoms with E-state index in [1.54, 1.807) is 31.2 Å². The van der Waals surface area contributed by atoms with Crippen LogP contribution in [0, 0.1) is 3.57 Å². The van der Waals surface area contributed by atoms with Gasteiger partial charge in [0.05, 0.1) is 32.7 Å². The molecule has 9 nitrogen and oxygen atoms in total. The molecule has 0 radical (unpaired) electrons. The Hall–Kier alpha value is -4.19. The molecular weight excluding hydrogens is 613 g/mol. The van der Waals surface area contributed by atoms with Crippen LogP contribution in [0.15, 0.2) is 77.4 Å². The number of hydrogen-bond donors (Lipinski definition) is 2. The largest absolute Gasteiger partial charge is 0.490 e. The first kappa shape index (κ1) is 27.8. The molecule has 0 atom stereocenters. The molecule has 39 heavy (non-hydrogen) atoms. The van der Waals surface area contributed by atoms with Crippen LogP contribution in [0.4, 0.5) is 5.69 Å². The van der Waals surface area contributed by atoms with Crippen LogP contribution in [0.25, 0.3) is 6.08 Å². The van der Waals surface area contributed by atoms with Crippen molar-refractivity contribution in [3.8, 4) is 11.5 Å². The normalized spacial score (nSPS) is 13.8. The Labute approximate surface area is 239 Å². The van der Waals surface area contributed by atoms with E-state index in [1.165, 1.54) is 17.1 Å². The molecule has 0 saturated carbocycles. The Kier molecular flexibility index (Phi) is 8.97. The molecule has 0 saturated heterocycles. The van der Waals surface area contributed by atoms with Gasteiger partial charge in [0.1, 0.15) is 0 Å². The quantitative estimate of drug-likeness (QED) is 0.241. The van der Waals surface area contributed by atoms with Gasteiger partial charge in [-0.25, -0.2) is 4.79 Å². The second kappa shape index (κ2) is 12.6. The molecule has 0 aromatic heterocycles. The molecule has 0 fully saturated rings. The molecule has 2 amide bonds. The molecule has 0 unspecified atom stereocenters. The van der Waals surface area contributed by atoms with Crippen LogP contribution in [0.5, 0.6) is 11.5 Å². The summed E-state index contributed by atoms with van der Waals surface area (Å²) >= 11 is 2.10. The average molecular weight is 639 g/mol. The van der Waals surface area contributed by atoms with Gasteiger partial charge in [-0.3, -0.25) is 9.59 Å². The van der Waals surface area contributed by atoms with Gasteiger partial charge in [0.15, 0.2) is 18.1 Å². The topological polar surface area (TPSA) is 118 Å². The first-order chi connectivity index (χ1) is 18.8. The number of carboxylic acid groups (broad SMARTS) is 1. The molecule has 3 aromatic carbocycles. The fraction of sp³-hybridized carbons (Fsp3) is 0.172. The standard InChI is InChI=1S/C29H26IN3O6/c1-3-38-25-14-20(13-24(30)27(25)39-17-26(34)31-16-19-8-5-4-6-9-19)12-23-18(2)32-33(28(23)35)22-11-7-10-21(15-22)29(36)37/h4-15H,3,16-17H2,1-2H3,(H,31,34)(H,36,37). The Bertz CT molecular complexity index is 1470. The predicted octanol–water partition coefficient (Wildman–Crippen LogP) is 4.89. The maximum absolute atomic E-state index is 13.2. The van der Waals surface area contributed by atoms with E-state index < -0.39 is 5.97 Å². The van der Waals surface area contributed by atoms with Crippen LogP contribution < -0.4 is 19.8 Å². The highest BCUT2D eigenvalue weighted by Crippen LogP contribution is 2.35. The second-order valence-corrected chi connectivity index (χ2v) is 9.69. The van der Waals surface area contributed by atoms with E-state index in [0.29, 0.717) is 50.8 Å². The number of hydrogen-bond acceptors (Lipinski definition) is 6. The number of anilines is 1. The van der Waals surface area contributed by atoms with Crippen molar-refractivity contribution < 1.29 is 29.0 Å². The molecule has 4 rings (SSSR count). The van der Waals surface area contributed by atoms with Crippen LogP contribution >= 0.6 is 22.6 Å². The summed E-state index contributed by atoms with van der Waals surface area (Å²) in [5.74, 6) is -0.853. The van der Waals surface area contributed by atoms with Crippen molar-refractivity contribution in [2.45, 2.75) is 20.4 Å². The van der Waals surface area contributed by atoms with Gasteiger partial charge in [-0.05, 0) is 84.0 Å². The minimum Gasteiger partial charge on any atom is -0.490 e. The molecule has 0 spiro atoms. The van der Waals surface area contributed by atoms with Crippen molar-refractivity contribution in [3.63, 3.8) is 0 Å². The van der Waals surface area contributed by atoms with Gasteiger partial charge in [0, 0.05) is 6.54 Å². The monoisotopic (exact) mass is 639 g/mol. The third kappa shape index (κ3) is 6.82. The zero-order chi connectivity index (χ0) is 27.9. The molecule has 200 valence electrons. The third-order valence-corrected chi connectivity index (χ3v) is 6.52. The van der Waals surface area contributed by atoms with Crippen LogP contribution in [0.3, 0.4) is 0 Å². The Balaban J connectivity index is 1.51. The maximum Gasteiger partial charge on any atom is 0.335 e. The van der Waals surface area contributed by atoms with Crippen LogP contribution in [-0.2, 0) is 16.1 Å². The number of amides is 2. The van der Waals surface area contributed by atoms with Gasteiger partial charge in [0.25, 0.3) is 11.8 Å². The van der Waals surface area contributed by atoms with Gasteiger partial charge in [0.2, 0.25) is 0 Å². The SMILES string of the molecule is CCOc1cc(C=C2C(=O)N(c3cccc(C(=O)O)c3)N=C2C)cc(I)c1OCC(=O)NCc1ccccc1. The van der Waals surface area contributed by atoms with E-state index >= 15 is 0 Å². The van der Waals surface area contributed by atoms with Crippen molar-refractivity contribution in [1.29, 1.82) is 0 Å². The molecule has 3 aromatic rings. The van der Waals surface area contributed by atoms with E-state index in [0.717, 1.165) is 5.56 Å². The van der Waals surface area contributed by atoms with Crippen molar-refractivity contribution >= 4 is 57.8 Å². The summed E-state index contributed by atoms with van der Waals surface area (Å²) in [5, 5.41) is 17.6. The third-order valence-electron chi connectivity index (χ3n) is 5.72. The van der Waals surface area contributed by atoms with Gasteiger partial charge in [-0.1, -0.05) is 36.4 Å². The average Bonchev–Trinajstić information content (AvgIpc) is 3.20. The van der Waals surface area contributed by atoms with Crippen molar-refractivity contribution in [1.82, 2.24) is 5.32 Å². The summed E-state index contributed by atoms with van der Waals surface area (Å²) in [6, 6.07) is 19.2. The molecule has 10 heteroatoms. The van der Waals surface area contributed by atoms with Crippen molar-refractivity contribution in [2.24, 2.45) is 5.10 Å². The second-order valence-electron chi connectivity index (χ2n) is 8.53. The minimum atomic E-state index is -1.09. The highest BCUT2D eigenvalue weighted by molar-refractivity contribution is 14.1. The van der Waals surface area contributed by atoms with Gasteiger partial charge in [-0.15, -0.1) is 0 Å². The first-order valence-electron chi connectivity index (χ1n) is 12.1. The predicted molar refractivity (Wildman–Crippen MR) is 156 cm³/mol. The maximum atomic E-state index is 13.2. The van der Waals surface area contributed by atoms with Gasteiger partial charge < -0.3 is 19.9 Å². The highest BCUT2D eigenvalue weighted by Gasteiger charge is 2.29. The fourth-order valence-corrected chi connectivity index (χ4v) is 4.64. The zero-order valence-corrected chi connectivity index (χ0v) is 23.5. The fourth-order valence-electron chi connectivity index (χ4n) is 3.86. The smallest absolute Gasteiger partial charge is 0.335 e. The van der Waals surface area contributed by atoms with Gasteiger partial charge >= 0.3 is 5.97 Å². The lowest BCUT2D eigenvalue weighted by molar-refractivity contribution is -0.123. The highest BCUT2D eigenvalue weighted by atomic mass is 127. The number of rotatable bonds is 10. The van der Waals surface area contributed by atoms with Crippen molar-refractivity contribution in [2.75, 3.05) is 18.2 Å². The molecule has 0 bridgehead atoms. The number of halogens is 1. The number of ether oxygens (including phenoxy) is 2. The molecule has 1 aliphatic heterocycles. The number of carboxylic acids is 1. The summed E-state index contributed by atoms with van der Waals surface area (Å²) < 4.78 is 12.3. The Morgan fingerprint density at radius 1 is 1.08 bits per heavy atom. The van der Waals surface area contributed by atoms with Gasteiger partial charge in [-0.2, -0.15) is 10.1 Å². The lowest BCUT2D eigenvalue weighted by Gasteiger charge is -2.15. The van der Waals surface area contributed by atoms with E-state index in [1.807, 2.05) is 43.3 Å². The number of nitrogens with zero attached hydrogens (tertiary/aromatic N) is 2. The van der Waals surface area contributed by atoms with E-state index in [2.05, 4.69) is 33.0 Å². The number of hydrazone groups is 1. The lowest BCUT2D eigenvalue weighted by Crippen LogP contribution is -2.28. The number of carbonyl (C=O) groups is 3. The zero-order valence-electron chi connectivity index (χ0n) is 21.3. The molecule has 1 heterocycles. The lowest BCUT2D eigenvalue weighted by atomic mass is 10.1. The summed E-state index contributed by atoms with van der Waals surface area (Å²) in [4.78, 5) is 36.9. The van der Waals surface area contributed by atoms with Crippen LogP contribution in [0.2, 0.25) is 0 Å². The summed E-state index contributed by atoms with van der Waals surface area (Å²) in [6.07, 6.45) is 1.70. The number of carbonyl (C=O) groups excluding carboxylic acids is 2. The van der Waals surface area contributed by atoms with Crippen molar-refractivity contribution in [3.05, 3.63) is 92.6 Å². The summed E-state index contributed by atoms with van der Waals surface area (Å²) in [5.41, 5.74) is 2.95. The van der Waals surface area contributed by atoms with E-state index in [-0.39, 0.29) is 24.0 Å². The molecule has 0 aliphatic carbocycles. The summed E-state index contributed by atoms with van der Waals surface area (Å²) in [7, 11) is 0. The Morgan fingerprint density at radius 3 is 2.56 bits per heavy atom. The van der Waals surface area contributed by atoms with E-state index in [9.17, 15) is 19.5 Å². The minimum absolute atomic E-state index is 0.0610. The first-order valence-corrected chi connectivity index (χ1v) is 13.2. The number of nitrogens with one attached hydrogen (secondary N) is 1. The molecule has 2 N–H and O–H groups in total. The molecule has 1 aliphatic rings. The molecular formula is C29H26IN3O6. The Morgan fingerprint density at radius 2 is 1.85 bits per heavy atom. The van der Waals surface area contributed by atoms with Crippen LogP contribution in [-0.4, -0.2) is 41.8 Å². The number of aromatic carboxylic acids is 1. The number of benzene rings is 3. The summed E-state index contributed by atoms with van der Waals surface area (Å²) in [6.45, 7) is 4.15. The van der Waals surface area contributed by atoms with E-state index in [4.69, 9.17) is 9.47 Å². The van der Waals surface area contributed by atoms with Crippen LogP contribution in [0.1, 0.15) is 35.3 Å².